The minimum atomic E-state index is -0.345. The molecule has 3 atom stereocenters. The molecule has 0 bridgehead atoms. The number of rotatable bonds is 4. The summed E-state index contributed by atoms with van der Waals surface area (Å²) in [6.07, 6.45) is 5.94. The van der Waals surface area contributed by atoms with Crippen molar-refractivity contribution in [1.82, 2.24) is 25.1 Å². The summed E-state index contributed by atoms with van der Waals surface area (Å²) in [5, 5.41) is 3.48. The van der Waals surface area contributed by atoms with Gasteiger partial charge in [-0.1, -0.05) is 0 Å². The number of likely N-dealkylation sites (tertiary alicyclic amines) is 1. The van der Waals surface area contributed by atoms with Crippen molar-refractivity contribution in [1.29, 1.82) is 0 Å². The van der Waals surface area contributed by atoms with Gasteiger partial charge in [0.05, 0.1) is 11.6 Å². The lowest BCUT2D eigenvalue weighted by Crippen LogP contribution is -2.55. The standard InChI is InChI=1S/C21H28N6O2S/c1-3-27(21(29)24-11-13-4-6-23-7-5-13)19(28)15-8-14-9-16-18(30-20(22)25-16)10-17(14)26(2)12-15/h4-7,14-15,17H,3,8-12H2,1-2H3,(H2,22,25)(H,24,29)/t14-,15-,17-/m1/s1. The molecular formula is C21H28N6O2S. The number of nitrogens with zero attached hydrogens (tertiary/aromatic N) is 4. The number of hydrogen-bond acceptors (Lipinski definition) is 7. The lowest BCUT2D eigenvalue weighted by Gasteiger charge is -2.45. The Balaban J connectivity index is 1.41. The number of fused-ring (bicyclic) bond motifs is 2. The summed E-state index contributed by atoms with van der Waals surface area (Å²) in [5.74, 6) is 0.0595. The third-order valence-corrected chi connectivity index (χ3v) is 7.17. The molecular weight excluding hydrogens is 400 g/mol. The second kappa shape index (κ2) is 8.69. The molecule has 30 heavy (non-hydrogen) atoms. The predicted molar refractivity (Wildman–Crippen MR) is 116 cm³/mol. The third-order valence-electron chi connectivity index (χ3n) is 6.22. The van der Waals surface area contributed by atoms with Crippen LogP contribution in [0.25, 0.3) is 0 Å². The van der Waals surface area contributed by atoms with E-state index in [4.69, 9.17) is 5.73 Å². The second-order valence-electron chi connectivity index (χ2n) is 8.13. The molecule has 0 aromatic carbocycles. The maximum absolute atomic E-state index is 13.2. The summed E-state index contributed by atoms with van der Waals surface area (Å²) in [4.78, 5) is 39.3. The van der Waals surface area contributed by atoms with Crippen LogP contribution >= 0.6 is 11.3 Å². The number of thiazole rings is 1. The zero-order valence-corrected chi connectivity index (χ0v) is 18.2. The average molecular weight is 429 g/mol. The lowest BCUT2D eigenvalue weighted by molar-refractivity contribution is -0.135. The number of hydrogen-bond donors (Lipinski definition) is 2. The SMILES string of the molecule is CCN(C(=O)NCc1ccncc1)C(=O)[C@@H]1C[C@@H]2Cc3nc(N)sc3C[C@H]2N(C)C1. The number of carbonyl (C=O) groups is 2. The molecule has 8 nitrogen and oxygen atoms in total. The zero-order valence-electron chi connectivity index (χ0n) is 17.4. The molecule has 2 aliphatic rings. The van der Waals surface area contributed by atoms with Gasteiger partial charge in [0.2, 0.25) is 5.91 Å². The molecule has 3 N–H and O–H groups in total. The molecule has 1 saturated heterocycles. The number of pyridine rings is 1. The van der Waals surface area contributed by atoms with Crippen LogP contribution in [0.1, 0.15) is 29.5 Å². The molecule has 3 heterocycles. The third kappa shape index (κ3) is 4.17. The van der Waals surface area contributed by atoms with Gasteiger partial charge in [-0.3, -0.25) is 14.7 Å². The van der Waals surface area contributed by atoms with Gasteiger partial charge in [-0.15, -0.1) is 11.3 Å². The van der Waals surface area contributed by atoms with Crippen molar-refractivity contribution in [2.75, 3.05) is 25.9 Å². The highest BCUT2D eigenvalue weighted by Gasteiger charge is 2.42. The normalized spacial score (nSPS) is 23.3. The van der Waals surface area contributed by atoms with E-state index in [2.05, 4.69) is 27.2 Å². The van der Waals surface area contributed by atoms with Crippen molar-refractivity contribution < 1.29 is 9.59 Å². The molecule has 0 radical (unpaired) electrons. The summed E-state index contributed by atoms with van der Waals surface area (Å²) >= 11 is 1.58. The summed E-state index contributed by atoms with van der Waals surface area (Å²) < 4.78 is 0. The number of piperidine rings is 1. The van der Waals surface area contributed by atoms with Gasteiger partial charge in [-0.25, -0.2) is 9.78 Å². The first-order valence-electron chi connectivity index (χ1n) is 10.4. The fourth-order valence-corrected chi connectivity index (χ4v) is 5.62. The topological polar surface area (TPSA) is 104 Å². The predicted octanol–water partition coefficient (Wildman–Crippen LogP) is 1.91. The van der Waals surface area contributed by atoms with E-state index < -0.39 is 0 Å². The quantitative estimate of drug-likeness (QED) is 0.771. The second-order valence-corrected chi connectivity index (χ2v) is 9.24. The highest BCUT2D eigenvalue weighted by Crippen LogP contribution is 2.39. The Morgan fingerprint density at radius 3 is 2.83 bits per heavy atom. The van der Waals surface area contributed by atoms with Crippen LogP contribution in [0.4, 0.5) is 9.93 Å². The monoisotopic (exact) mass is 428 g/mol. The molecule has 2 aromatic rings. The average Bonchev–Trinajstić information content (AvgIpc) is 3.11. The van der Waals surface area contributed by atoms with Crippen molar-refractivity contribution in [3.63, 3.8) is 0 Å². The number of likely N-dealkylation sites (N-methyl/N-ethyl adjacent to an activating group) is 1. The molecule has 0 spiro atoms. The number of anilines is 1. The van der Waals surface area contributed by atoms with Gasteiger partial charge in [0, 0.05) is 42.9 Å². The number of nitrogens with two attached hydrogens (primary N) is 1. The largest absolute Gasteiger partial charge is 0.375 e. The first-order chi connectivity index (χ1) is 14.5. The van der Waals surface area contributed by atoms with Crippen LogP contribution in [0.3, 0.4) is 0 Å². The number of urea groups is 1. The van der Waals surface area contributed by atoms with Crippen LogP contribution in [0, 0.1) is 11.8 Å². The lowest BCUT2D eigenvalue weighted by atomic mass is 9.75. The number of nitrogens with one attached hydrogen (secondary N) is 1. The van der Waals surface area contributed by atoms with E-state index in [0.29, 0.717) is 36.7 Å². The number of amides is 3. The fraction of sp³-hybridized carbons (Fsp3) is 0.524. The maximum Gasteiger partial charge on any atom is 0.324 e. The van der Waals surface area contributed by atoms with Gasteiger partial charge in [0.15, 0.2) is 5.13 Å². The Bertz CT molecular complexity index is 917. The van der Waals surface area contributed by atoms with E-state index in [9.17, 15) is 9.59 Å². The van der Waals surface area contributed by atoms with E-state index in [-0.39, 0.29) is 17.9 Å². The molecule has 4 rings (SSSR count). The van der Waals surface area contributed by atoms with Gasteiger partial charge >= 0.3 is 6.03 Å². The number of imide groups is 1. The smallest absolute Gasteiger partial charge is 0.324 e. The van der Waals surface area contributed by atoms with Gasteiger partial charge in [0.1, 0.15) is 0 Å². The summed E-state index contributed by atoms with van der Waals surface area (Å²) in [6, 6.07) is 3.74. The van der Waals surface area contributed by atoms with Crippen molar-refractivity contribution in [3.05, 3.63) is 40.7 Å². The van der Waals surface area contributed by atoms with Crippen LogP contribution in [-0.4, -0.2) is 57.9 Å². The highest BCUT2D eigenvalue weighted by molar-refractivity contribution is 7.15. The molecule has 0 saturated carbocycles. The zero-order chi connectivity index (χ0) is 21.3. The van der Waals surface area contributed by atoms with E-state index in [1.54, 1.807) is 23.7 Å². The van der Waals surface area contributed by atoms with Crippen LogP contribution in [0.15, 0.2) is 24.5 Å². The van der Waals surface area contributed by atoms with Crippen molar-refractivity contribution >= 4 is 28.4 Å². The van der Waals surface area contributed by atoms with Gasteiger partial charge in [0.25, 0.3) is 0 Å². The van der Waals surface area contributed by atoms with Crippen LogP contribution in [-0.2, 0) is 24.2 Å². The maximum atomic E-state index is 13.2. The number of carbonyl (C=O) groups excluding carboxylic acids is 2. The molecule has 160 valence electrons. The van der Waals surface area contributed by atoms with Crippen LogP contribution < -0.4 is 11.1 Å². The number of aromatic nitrogens is 2. The Hall–Kier alpha value is -2.52. The molecule has 3 amide bonds. The van der Waals surface area contributed by atoms with Crippen LogP contribution in [0.2, 0.25) is 0 Å². The van der Waals surface area contributed by atoms with Gasteiger partial charge < -0.3 is 16.0 Å². The van der Waals surface area contributed by atoms with Crippen molar-refractivity contribution in [2.24, 2.45) is 11.8 Å². The molecule has 9 heteroatoms. The van der Waals surface area contributed by atoms with E-state index >= 15 is 0 Å². The molecule has 1 aliphatic carbocycles. The fourth-order valence-electron chi connectivity index (χ4n) is 4.71. The van der Waals surface area contributed by atoms with E-state index in [0.717, 1.165) is 30.5 Å². The minimum Gasteiger partial charge on any atom is -0.375 e. The summed E-state index contributed by atoms with van der Waals surface area (Å²) in [6.45, 7) is 3.22. The molecule has 2 aromatic heterocycles. The van der Waals surface area contributed by atoms with Crippen molar-refractivity contribution in [3.8, 4) is 0 Å². The Kier molecular flexibility index (Phi) is 6.01. The van der Waals surface area contributed by atoms with Crippen molar-refractivity contribution in [2.45, 2.75) is 38.8 Å². The van der Waals surface area contributed by atoms with Gasteiger partial charge in [-0.2, -0.15) is 0 Å². The molecule has 1 fully saturated rings. The summed E-state index contributed by atoms with van der Waals surface area (Å²) in [7, 11) is 2.08. The van der Waals surface area contributed by atoms with E-state index in [1.165, 1.54) is 9.78 Å². The Labute approximate surface area is 180 Å². The number of nitrogen functional groups attached to an aromatic ring is 1. The first-order valence-corrected chi connectivity index (χ1v) is 11.2. The Morgan fingerprint density at radius 2 is 2.10 bits per heavy atom. The minimum absolute atomic E-state index is 0.0985. The summed E-state index contributed by atoms with van der Waals surface area (Å²) in [5.41, 5.74) is 7.94. The van der Waals surface area contributed by atoms with Crippen LogP contribution in [0.5, 0.6) is 0 Å². The highest BCUT2D eigenvalue weighted by atomic mass is 32.1. The molecule has 1 aliphatic heterocycles. The van der Waals surface area contributed by atoms with E-state index in [1.807, 2.05) is 19.1 Å². The van der Waals surface area contributed by atoms with Gasteiger partial charge in [-0.05, 0) is 56.8 Å². The Morgan fingerprint density at radius 1 is 1.33 bits per heavy atom. The molecule has 0 unspecified atom stereocenters. The first kappa shape index (κ1) is 20.7.